The van der Waals surface area contributed by atoms with Gasteiger partial charge in [0.15, 0.2) is 6.61 Å². The third kappa shape index (κ3) is 7.25. The molecule has 0 aliphatic heterocycles. The van der Waals surface area contributed by atoms with Gasteiger partial charge in [0.1, 0.15) is 0 Å². The normalized spacial score (nSPS) is 10.5. The lowest BCUT2D eigenvalue weighted by atomic mass is 10.1. The summed E-state index contributed by atoms with van der Waals surface area (Å²) in [5.41, 5.74) is 1.33. The fourth-order valence-electron chi connectivity index (χ4n) is 1.57. The van der Waals surface area contributed by atoms with E-state index in [0.717, 1.165) is 12.0 Å². The number of nitrogens with one attached hydrogen (secondary N) is 1. The molecule has 5 nitrogen and oxygen atoms in total. The minimum atomic E-state index is -0.580. The topological polar surface area (TPSA) is 79.2 Å². The van der Waals surface area contributed by atoms with Crippen LogP contribution in [-0.4, -0.2) is 25.0 Å². The van der Waals surface area contributed by atoms with Gasteiger partial charge in [-0.25, -0.2) is 4.79 Å². The predicted molar refractivity (Wildman–Crippen MR) is 83.6 cm³/mol. The fourth-order valence-corrected chi connectivity index (χ4v) is 1.57. The number of amides is 1. The second-order valence-corrected chi connectivity index (χ2v) is 5.21. The number of nitriles is 1. The Morgan fingerprint density at radius 2 is 2.00 bits per heavy atom. The van der Waals surface area contributed by atoms with Crippen LogP contribution in [0.1, 0.15) is 31.4 Å². The maximum absolute atomic E-state index is 11.5. The van der Waals surface area contributed by atoms with Crippen molar-refractivity contribution in [3.05, 3.63) is 41.5 Å². The second kappa shape index (κ2) is 9.35. The van der Waals surface area contributed by atoms with E-state index in [1.807, 2.05) is 6.07 Å². The molecule has 0 aromatic heterocycles. The Hall–Kier alpha value is -2.61. The Kier molecular flexibility index (Phi) is 7.41. The van der Waals surface area contributed by atoms with E-state index in [1.54, 1.807) is 30.3 Å². The Labute approximate surface area is 130 Å². The molecule has 1 amide bonds. The van der Waals surface area contributed by atoms with Crippen LogP contribution in [0, 0.1) is 17.2 Å². The van der Waals surface area contributed by atoms with Crippen molar-refractivity contribution in [1.29, 1.82) is 5.26 Å². The zero-order chi connectivity index (χ0) is 16.4. The van der Waals surface area contributed by atoms with Crippen molar-refractivity contribution in [2.75, 3.05) is 13.2 Å². The second-order valence-electron chi connectivity index (χ2n) is 5.21. The highest BCUT2D eigenvalue weighted by Crippen LogP contribution is 2.05. The van der Waals surface area contributed by atoms with Gasteiger partial charge in [-0.1, -0.05) is 26.0 Å². The SMILES string of the molecule is CC(C)CCNC(=O)COC(=O)/C=C/c1ccc(C#N)cc1. The van der Waals surface area contributed by atoms with Crippen molar-refractivity contribution >= 4 is 18.0 Å². The van der Waals surface area contributed by atoms with E-state index in [1.165, 1.54) is 6.08 Å². The van der Waals surface area contributed by atoms with E-state index < -0.39 is 5.97 Å². The van der Waals surface area contributed by atoms with Crippen molar-refractivity contribution in [3.8, 4) is 6.07 Å². The molecular weight excluding hydrogens is 280 g/mol. The summed E-state index contributed by atoms with van der Waals surface area (Å²) in [5.74, 6) is -0.373. The first-order valence-electron chi connectivity index (χ1n) is 7.13. The van der Waals surface area contributed by atoms with E-state index in [0.29, 0.717) is 18.0 Å². The summed E-state index contributed by atoms with van der Waals surface area (Å²) in [6.07, 6.45) is 3.71. The number of carbonyl (C=O) groups excluding carboxylic acids is 2. The highest BCUT2D eigenvalue weighted by molar-refractivity contribution is 5.89. The molecule has 1 N–H and O–H groups in total. The van der Waals surface area contributed by atoms with Crippen molar-refractivity contribution in [3.63, 3.8) is 0 Å². The van der Waals surface area contributed by atoms with Gasteiger partial charge in [-0.05, 0) is 36.1 Å². The first-order chi connectivity index (χ1) is 10.5. The molecule has 1 aromatic carbocycles. The van der Waals surface area contributed by atoms with Gasteiger partial charge in [0.05, 0.1) is 11.6 Å². The van der Waals surface area contributed by atoms with Crippen LogP contribution < -0.4 is 5.32 Å². The number of esters is 1. The fraction of sp³-hybridized carbons (Fsp3) is 0.353. The molecule has 0 bridgehead atoms. The Morgan fingerprint density at radius 1 is 1.32 bits per heavy atom. The first kappa shape index (κ1) is 17.4. The lowest BCUT2D eigenvalue weighted by Crippen LogP contribution is -2.29. The summed E-state index contributed by atoms with van der Waals surface area (Å²) in [6, 6.07) is 8.78. The summed E-state index contributed by atoms with van der Waals surface area (Å²) < 4.78 is 4.84. The van der Waals surface area contributed by atoms with Gasteiger partial charge >= 0.3 is 5.97 Å². The molecule has 0 heterocycles. The Balaban J connectivity index is 2.31. The highest BCUT2D eigenvalue weighted by atomic mass is 16.5. The van der Waals surface area contributed by atoms with E-state index in [2.05, 4.69) is 19.2 Å². The van der Waals surface area contributed by atoms with Crippen LogP contribution in [0.5, 0.6) is 0 Å². The van der Waals surface area contributed by atoms with Gasteiger partial charge in [0.2, 0.25) is 0 Å². The van der Waals surface area contributed by atoms with Crippen LogP contribution in [0.3, 0.4) is 0 Å². The van der Waals surface area contributed by atoms with Gasteiger partial charge < -0.3 is 10.1 Å². The van der Waals surface area contributed by atoms with E-state index in [-0.39, 0.29) is 12.5 Å². The molecule has 0 saturated heterocycles. The summed E-state index contributed by atoms with van der Waals surface area (Å²) in [4.78, 5) is 22.9. The molecular formula is C17H20N2O3. The first-order valence-corrected chi connectivity index (χ1v) is 7.13. The van der Waals surface area contributed by atoms with Crippen LogP contribution in [-0.2, 0) is 14.3 Å². The number of benzene rings is 1. The number of nitrogens with zero attached hydrogens (tertiary/aromatic N) is 1. The predicted octanol–water partition coefficient (Wildman–Crippen LogP) is 2.28. The van der Waals surface area contributed by atoms with E-state index in [9.17, 15) is 9.59 Å². The molecule has 5 heteroatoms. The van der Waals surface area contributed by atoms with Gasteiger partial charge in [-0.15, -0.1) is 0 Å². The summed E-state index contributed by atoms with van der Waals surface area (Å²) in [6.45, 7) is 4.43. The maximum atomic E-state index is 11.5. The lowest BCUT2D eigenvalue weighted by Gasteiger charge is -2.06. The number of ether oxygens (including phenoxy) is 1. The van der Waals surface area contributed by atoms with Crippen molar-refractivity contribution in [1.82, 2.24) is 5.32 Å². The molecule has 0 atom stereocenters. The van der Waals surface area contributed by atoms with Crippen molar-refractivity contribution < 1.29 is 14.3 Å². The smallest absolute Gasteiger partial charge is 0.331 e. The minimum absolute atomic E-state index is 0.283. The molecule has 1 aromatic rings. The lowest BCUT2D eigenvalue weighted by molar-refractivity contribution is -0.143. The van der Waals surface area contributed by atoms with E-state index in [4.69, 9.17) is 10.00 Å². The molecule has 0 aliphatic rings. The molecule has 1 rings (SSSR count). The quantitative estimate of drug-likeness (QED) is 0.619. The van der Waals surface area contributed by atoms with Crippen LogP contribution in [0.25, 0.3) is 6.08 Å². The van der Waals surface area contributed by atoms with Crippen molar-refractivity contribution in [2.24, 2.45) is 5.92 Å². The molecule has 0 fully saturated rings. The van der Waals surface area contributed by atoms with E-state index >= 15 is 0 Å². The average molecular weight is 300 g/mol. The van der Waals surface area contributed by atoms with Gasteiger partial charge in [-0.2, -0.15) is 5.26 Å². The van der Waals surface area contributed by atoms with Crippen LogP contribution in [0.15, 0.2) is 30.3 Å². The van der Waals surface area contributed by atoms with Crippen molar-refractivity contribution in [2.45, 2.75) is 20.3 Å². The molecule has 0 unspecified atom stereocenters. The monoisotopic (exact) mass is 300 g/mol. The van der Waals surface area contributed by atoms with Gasteiger partial charge in [0, 0.05) is 12.6 Å². The molecule has 0 aliphatic carbocycles. The summed E-state index contributed by atoms with van der Waals surface area (Å²) >= 11 is 0. The largest absolute Gasteiger partial charge is 0.452 e. The molecule has 0 saturated carbocycles. The van der Waals surface area contributed by atoms with Gasteiger partial charge in [0.25, 0.3) is 5.91 Å². The standard InChI is InChI=1S/C17H20N2O3/c1-13(2)9-10-19-16(20)12-22-17(21)8-7-14-3-5-15(11-18)6-4-14/h3-8,13H,9-10,12H2,1-2H3,(H,19,20)/b8-7+. The van der Waals surface area contributed by atoms with Crippen LogP contribution >= 0.6 is 0 Å². The molecule has 0 radical (unpaired) electrons. The molecule has 22 heavy (non-hydrogen) atoms. The minimum Gasteiger partial charge on any atom is -0.452 e. The molecule has 0 spiro atoms. The number of hydrogen-bond acceptors (Lipinski definition) is 4. The van der Waals surface area contributed by atoms with Crippen LogP contribution in [0.4, 0.5) is 0 Å². The number of rotatable bonds is 7. The highest BCUT2D eigenvalue weighted by Gasteiger charge is 2.04. The number of carbonyl (C=O) groups is 2. The van der Waals surface area contributed by atoms with Crippen LogP contribution in [0.2, 0.25) is 0 Å². The summed E-state index contributed by atoms with van der Waals surface area (Å²) in [7, 11) is 0. The Bertz CT molecular complexity index is 569. The molecule has 116 valence electrons. The average Bonchev–Trinajstić information content (AvgIpc) is 2.51. The maximum Gasteiger partial charge on any atom is 0.331 e. The summed E-state index contributed by atoms with van der Waals surface area (Å²) in [5, 5.41) is 11.4. The van der Waals surface area contributed by atoms with Gasteiger partial charge in [-0.3, -0.25) is 4.79 Å². The zero-order valence-corrected chi connectivity index (χ0v) is 12.8. The third-order valence-electron chi connectivity index (χ3n) is 2.84. The third-order valence-corrected chi connectivity index (χ3v) is 2.84. The number of hydrogen-bond donors (Lipinski definition) is 1. The Morgan fingerprint density at radius 3 is 2.59 bits per heavy atom. The zero-order valence-electron chi connectivity index (χ0n) is 12.8.